The third-order valence-corrected chi connectivity index (χ3v) is 7.14. The van der Waals surface area contributed by atoms with Crippen molar-refractivity contribution in [3.63, 3.8) is 0 Å². The molecule has 3 N–H and O–H groups in total. The Labute approximate surface area is 189 Å². The average Bonchev–Trinajstić information content (AvgIpc) is 3.31. The number of sulfonamides is 1. The van der Waals surface area contributed by atoms with Gasteiger partial charge in [0.15, 0.2) is 0 Å². The summed E-state index contributed by atoms with van der Waals surface area (Å²) in [4.78, 5) is 15.1. The van der Waals surface area contributed by atoms with Gasteiger partial charge in [0.25, 0.3) is 15.9 Å². The third-order valence-electron chi connectivity index (χ3n) is 5.77. The molecule has 1 amide bonds. The van der Waals surface area contributed by atoms with E-state index in [1.54, 1.807) is 30.3 Å². The van der Waals surface area contributed by atoms with E-state index in [0.29, 0.717) is 17.8 Å². The van der Waals surface area contributed by atoms with Crippen molar-refractivity contribution in [1.82, 2.24) is 10.6 Å². The van der Waals surface area contributed by atoms with Gasteiger partial charge >= 0.3 is 0 Å². The van der Waals surface area contributed by atoms with Gasteiger partial charge in [-0.1, -0.05) is 12.1 Å². The number of aryl methyl sites for hydroxylation is 1. The van der Waals surface area contributed by atoms with Gasteiger partial charge in [-0.05, 0) is 55.7 Å². The van der Waals surface area contributed by atoms with E-state index < -0.39 is 10.0 Å². The largest absolute Gasteiger partial charge is 0.376 e. The van der Waals surface area contributed by atoms with Crippen LogP contribution in [0.15, 0.2) is 47.4 Å². The molecule has 2 saturated heterocycles. The van der Waals surface area contributed by atoms with Crippen LogP contribution in [0.25, 0.3) is 0 Å². The molecule has 32 heavy (non-hydrogen) atoms. The Morgan fingerprint density at radius 2 is 2.00 bits per heavy atom. The van der Waals surface area contributed by atoms with Crippen molar-refractivity contribution in [3.05, 3.63) is 53.6 Å². The standard InChI is InChI=1S/C23H30N4O4S/c1-17-4-2-6-20(14-17)32(29,30)26-21-15-18(23(28)25-16-19-5-3-13-31-19)7-8-22(21)27-11-9-24-10-12-27/h2,4,6-8,14-15,19,24,26H,3,5,9-13,16H2,1H3,(H,25,28). The fraction of sp³-hybridized carbons (Fsp3) is 0.435. The van der Waals surface area contributed by atoms with Gasteiger partial charge in [-0.2, -0.15) is 0 Å². The van der Waals surface area contributed by atoms with Gasteiger partial charge in [0.05, 0.1) is 22.4 Å². The molecule has 8 nitrogen and oxygen atoms in total. The fourth-order valence-corrected chi connectivity index (χ4v) is 5.21. The first-order valence-corrected chi connectivity index (χ1v) is 12.5. The van der Waals surface area contributed by atoms with Gasteiger partial charge in [-0.15, -0.1) is 0 Å². The maximum Gasteiger partial charge on any atom is 0.261 e. The molecule has 0 aromatic heterocycles. The number of amides is 1. The van der Waals surface area contributed by atoms with E-state index in [0.717, 1.165) is 56.9 Å². The number of rotatable bonds is 7. The Hall–Kier alpha value is -2.62. The van der Waals surface area contributed by atoms with Crippen molar-refractivity contribution in [2.24, 2.45) is 0 Å². The lowest BCUT2D eigenvalue weighted by molar-refractivity contribution is 0.0858. The highest BCUT2D eigenvalue weighted by Gasteiger charge is 2.22. The number of anilines is 2. The van der Waals surface area contributed by atoms with Gasteiger partial charge in [0.1, 0.15) is 0 Å². The van der Waals surface area contributed by atoms with Crippen LogP contribution in [0.1, 0.15) is 28.8 Å². The quantitative estimate of drug-likeness (QED) is 0.588. The first kappa shape index (κ1) is 22.6. The Morgan fingerprint density at radius 3 is 2.72 bits per heavy atom. The molecular formula is C23H30N4O4S. The van der Waals surface area contributed by atoms with Crippen LogP contribution in [-0.2, 0) is 14.8 Å². The number of hydrogen-bond acceptors (Lipinski definition) is 6. The van der Waals surface area contributed by atoms with Crippen molar-refractivity contribution >= 4 is 27.3 Å². The summed E-state index contributed by atoms with van der Waals surface area (Å²) in [6, 6.07) is 12.0. The Morgan fingerprint density at radius 1 is 1.19 bits per heavy atom. The molecule has 1 atom stereocenters. The van der Waals surface area contributed by atoms with Gasteiger partial charge in [0, 0.05) is 44.9 Å². The molecule has 0 aliphatic carbocycles. The number of nitrogens with one attached hydrogen (secondary N) is 3. The highest BCUT2D eigenvalue weighted by molar-refractivity contribution is 7.92. The number of nitrogens with zero attached hydrogens (tertiary/aromatic N) is 1. The summed E-state index contributed by atoms with van der Waals surface area (Å²) in [5.74, 6) is -0.247. The summed E-state index contributed by atoms with van der Waals surface area (Å²) in [6.45, 7) is 6.16. The van der Waals surface area contributed by atoms with E-state index in [1.165, 1.54) is 0 Å². The lowest BCUT2D eigenvalue weighted by Gasteiger charge is -2.31. The fourth-order valence-electron chi connectivity index (χ4n) is 4.04. The predicted octanol–water partition coefficient (Wildman–Crippen LogP) is 2.11. The summed E-state index contributed by atoms with van der Waals surface area (Å²) >= 11 is 0. The summed E-state index contributed by atoms with van der Waals surface area (Å²) in [6.07, 6.45) is 1.98. The van der Waals surface area contributed by atoms with Crippen molar-refractivity contribution in [3.8, 4) is 0 Å². The molecule has 0 bridgehead atoms. The van der Waals surface area contributed by atoms with E-state index in [4.69, 9.17) is 4.74 Å². The Bertz CT molecular complexity index is 1060. The lowest BCUT2D eigenvalue weighted by atomic mass is 10.1. The molecule has 4 rings (SSSR count). The van der Waals surface area contributed by atoms with Crippen LogP contribution in [0.2, 0.25) is 0 Å². The summed E-state index contributed by atoms with van der Waals surface area (Å²) in [5.41, 5.74) is 2.43. The number of ether oxygens (including phenoxy) is 1. The lowest BCUT2D eigenvalue weighted by Crippen LogP contribution is -2.43. The monoisotopic (exact) mass is 458 g/mol. The molecular weight excluding hydrogens is 428 g/mol. The number of piperazine rings is 1. The number of carbonyl (C=O) groups is 1. The zero-order valence-electron chi connectivity index (χ0n) is 18.3. The number of carbonyl (C=O) groups excluding carboxylic acids is 1. The maximum atomic E-state index is 13.1. The van der Waals surface area contributed by atoms with Crippen LogP contribution >= 0.6 is 0 Å². The Kier molecular flexibility index (Phi) is 6.98. The molecule has 2 fully saturated rings. The Balaban J connectivity index is 1.60. The van der Waals surface area contributed by atoms with Crippen LogP contribution in [0.3, 0.4) is 0 Å². The van der Waals surface area contributed by atoms with E-state index >= 15 is 0 Å². The van der Waals surface area contributed by atoms with Gasteiger partial charge in [-0.25, -0.2) is 8.42 Å². The molecule has 9 heteroatoms. The first-order valence-electron chi connectivity index (χ1n) is 11.0. The summed E-state index contributed by atoms with van der Waals surface area (Å²) in [7, 11) is -3.81. The maximum absolute atomic E-state index is 13.1. The van der Waals surface area contributed by atoms with Crippen molar-refractivity contribution in [2.45, 2.75) is 30.8 Å². The minimum absolute atomic E-state index is 0.0402. The SMILES string of the molecule is Cc1cccc(S(=O)(=O)Nc2cc(C(=O)NCC3CCCO3)ccc2N2CCNCC2)c1. The van der Waals surface area contributed by atoms with Crippen molar-refractivity contribution in [2.75, 3.05) is 49.0 Å². The smallest absolute Gasteiger partial charge is 0.261 e. The van der Waals surface area contributed by atoms with Crippen LogP contribution in [0.4, 0.5) is 11.4 Å². The second-order valence-electron chi connectivity index (χ2n) is 8.24. The second kappa shape index (κ2) is 9.89. The molecule has 2 aromatic rings. The average molecular weight is 459 g/mol. The summed E-state index contributed by atoms with van der Waals surface area (Å²) < 4.78 is 34.5. The van der Waals surface area contributed by atoms with Gasteiger partial charge in [0.2, 0.25) is 0 Å². The molecule has 1 unspecified atom stereocenters. The van der Waals surface area contributed by atoms with Crippen molar-refractivity contribution in [1.29, 1.82) is 0 Å². The summed E-state index contributed by atoms with van der Waals surface area (Å²) in [5, 5.41) is 6.21. The van der Waals surface area contributed by atoms with Crippen LogP contribution in [0.5, 0.6) is 0 Å². The number of benzene rings is 2. The topological polar surface area (TPSA) is 99.8 Å². The molecule has 0 spiro atoms. The van der Waals surface area contributed by atoms with E-state index in [1.807, 2.05) is 19.1 Å². The van der Waals surface area contributed by atoms with E-state index in [-0.39, 0.29) is 16.9 Å². The zero-order chi connectivity index (χ0) is 22.6. The van der Waals surface area contributed by atoms with Crippen LogP contribution in [0, 0.1) is 6.92 Å². The minimum Gasteiger partial charge on any atom is -0.376 e. The zero-order valence-corrected chi connectivity index (χ0v) is 19.1. The highest BCUT2D eigenvalue weighted by atomic mass is 32.2. The molecule has 2 aliphatic rings. The highest BCUT2D eigenvalue weighted by Crippen LogP contribution is 2.30. The molecule has 2 aliphatic heterocycles. The van der Waals surface area contributed by atoms with Crippen molar-refractivity contribution < 1.29 is 17.9 Å². The first-order chi connectivity index (χ1) is 15.4. The molecule has 2 heterocycles. The minimum atomic E-state index is -3.81. The molecule has 172 valence electrons. The normalized spacial score (nSPS) is 19.0. The van der Waals surface area contributed by atoms with E-state index in [9.17, 15) is 13.2 Å². The second-order valence-corrected chi connectivity index (χ2v) is 9.92. The number of hydrogen-bond donors (Lipinski definition) is 3. The van der Waals surface area contributed by atoms with E-state index in [2.05, 4.69) is 20.3 Å². The molecule has 0 saturated carbocycles. The van der Waals surface area contributed by atoms with Gasteiger partial charge in [-0.3, -0.25) is 9.52 Å². The van der Waals surface area contributed by atoms with Crippen LogP contribution in [-0.4, -0.2) is 59.8 Å². The molecule has 0 radical (unpaired) electrons. The third kappa shape index (κ3) is 5.40. The van der Waals surface area contributed by atoms with Gasteiger partial charge < -0.3 is 20.3 Å². The predicted molar refractivity (Wildman–Crippen MR) is 125 cm³/mol. The molecule has 2 aromatic carbocycles. The van der Waals surface area contributed by atoms with Crippen LogP contribution < -0.4 is 20.3 Å².